The minimum atomic E-state index is -0.524. The summed E-state index contributed by atoms with van der Waals surface area (Å²) < 4.78 is 4.71. The van der Waals surface area contributed by atoms with Crippen molar-refractivity contribution < 1.29 is 14.3 Å². The van der Waals surface area contributed by atoms with Gasteiger partial charge >= 0.3 is 6.09 Å². The van der Waals surface area contributed by atoms with E-state index in [9.17, 15) is 9.59 Å². The van der Waals surface area contributed by atoms with Gasteiger partial charge in [0.1, 0.15) is 6.61 Å². The zero-order chi connectivity index (χ0) is 14.6. The average molecular weight is 299 g/mol. The van der Waals surface area contributed by atoms with Crippen molar-refractivity contribution in [2.24, 2.45) is 0 Å². The first-order valence-electron chi connectivity index (χ1n) is 6.49. The third-order valence-corrected chi connectivity index (χ3v) is 2.66. The van der Waals surface area contributed by atoms with Crippen LogP contribution in [0.15, 0.2) is 30.3 Å². The Kier molecular flexibility index (Phi) is 8.22. The molecule has 0 aliphatic rings. The molecule has 0 fully saturated rings. The summed E-state index contributed by atoms with van der Waals surface area (Å²) in [5.74, 6) is 0.230. The Morgan fingerprint density at radius 1 is 1.10 bits per heavy atom. The summed E-state index contributed by atoms with van der Waals surface area (Å²) in [6.45, 7) is 0.888. The van der Waals surface area contributed by atoms with Gasteiger partial charge < -0.3 is 15.4 Å². The maximum Gasteiger partial charge on any atom is 0.407 e. The number of carbonyl (C=O) groups excluding carboxylic acids is 2. The van der Waals surface area contributed by atoms with Gasteiger partial charge in [-0.2, -0.15) is 0 Å². The highest BCUT2D eigenvalue weighted by molar-refractivity contribution is 6.18. The van der Waals surface area contributed by atoms with Gasteiger partial charge in [0.05, 0.1) is 5.88 Å². The van der Waals surface area contributed by atoms with Crippen molar-refractivity contribution in [3.8, 4) is 0 Å². The lowest BCUT2D eigenvalue weighted by molar-refractivity contribution is -0.121. The smallest absolute Gasteiger partial charge is 0.407 e. The maximum atomic E-state index is 11.6. The second-order valence-electron chi connectivity index (χ2n) is 4.09. The molecule has 0 aromatic heterocycles. The fourth-order valence-electron chi connectivity index (χ4n) is 1.54. The first kappa shape index (κ1) is 16.3. The predicted molar refractivity (Wildman–Crippen MR) is 77.8 cm³/mol. The van der Waals surface area contributed by atoms with Crippen molar-refractivity contribution in [2.45, 2.75) is 12.8 Å². The number of rotatable bonds is 8. The fourth-order valence-corrected chi connectivity index (χ4v) is 1.62. The third kappa shape index (κ3) is 7.63. The average Bonchev–Trinajstić information content (AvgIpc) is 2.48. The van der Waals surface area contributed by atoms with Crippen molar-refractivity contribution in [2.75, 3.05) is 25.6 Å². The minimum Gasteiger partial charge on any atom is -0.448 e. The number of aryl methyl sites for hydroxylation is 1. The standard InChI is InChI=1S/C14H19ClN2O3/c15-8-11-20-14(19)17-10-9-16-13(18)7-6-12-4-2-1-3-5-12/h1-5H,6-11H2,(H,16,18)(H,17,19). The highest BCUT2D eigenvalue weighted by atomic mass is 35.5. The first-order chi connectivity index (χ1) is 9.72. The molecule has 0 aliphatic carbocycles. The molecule has 6 heteroatoms. The van der Waals surface area contributed by atoms with Crippen LogP contribution in [-0.2, 0) is 16.0 Å². The summed E-state index contributed by atoms with van der Waals surface area (Å²) in [5.41, 5.74) is 1.13. The van der Waals surface area contributed by atoms with E-state index in [1.807, 2.05) is 30.3 Å². The van der Waals surface area contributed by atoms with E-state index >= 15 is 0 Å². The van der Waals surface area contributed by atoms with E-state index in [-0.39, 0.29) is 18.4 Å². The van der Waals surface area contributed by atoms with Crippen molar-refractivity contribution in [1.82, 2.24) is 10.6 Å². The van der Waals surface area contributed by atoms with Crippen LogP contribution >= 0.6 is 11.6 Å². The number of carbonyl (C=O) groups is 2. The summed E-state index contributed by atoms with van der Waals surface area (Å²) in [6, 6.07) is 9.81. The Bertz CT molecular complexity index is 412. The van der Waals surface area contributed by atoms with Gasteiger partial charge in [0.2, 0.25) is 5.91 Å². The molecule has 110 valence electrons. The van der Waals surface area contributed by atoms with Crippen LogP contribution < -0.4 is 10.6 Å². The molecule has 0 saturated carbocycles. The van der Waals surface area contributed by atoms with Gasteiger partial charge in [0.25, 0.3) is 0 Å². The summed E-state index contributed by atoms with van der Waals surface area (Å²) in [4.78, 5) is 22.6. The van der Waals surface area contributed by atoms with E-state index in [2.05, 4.69) is 10.6 Å². The highest BCUT2D eigenvalue weighted by Gasteiger charge is 2.03. The molecule has 2 amide bonds. The lowest BCUT2D eigenvalue weighted by Gasteiger charge is -2.07. The highest BCUT2D eigenvalue weighted by Crippen LogP contribution is 2.01. The second kappa shape index (κ2) is 10.1. The number of hydrogen-bond acceptors (Lipinski definition) is 3. The molecule has 1 aromatic carbocycles. The summed E-state index contributed by atoms with van der Waals surface area (Å²) in [5, 5.41) is 5.24. The molecule has 0 heterocycles. The summed E-state index contributed by atoms with van der Waals surface area (Å²) in [6.07, 6.45) is 0.614. The van der Waals surface area contributed by atoms with Crippen molar-refractivity contribution in [3.05, 3.63) is 35.9 Å². The number of amides is 2. The Balaban J connectivity index is 2.04. The Labute approximate surface area is 123 Å². The summed E-state index contributed by atoms with van der Waals surface area (Å²) >= 11 is 5.37. The van der Waals surface area contributed by atoms with Crippen LogP contribution in [0.4, 0.5) is 4.79 Å². The molecule has 5 nitrogen and oxygen atoms in total. The van der Waals surface area contributed by atoms with Crippen molar-refractivity contribution in [1.29, 1.82) is 0 Å². The SMILES string of the molecule is O=C(CCc1ccccc1)NCCNC(=O)OCCCl. The van der Waals surface area contributed by atoms with Crippen LogP contribution in [0.25, 0.3) is 0 Å². The van der Waals surface area contributed by atoms with Crippen LogP contribution in [0.1, 0.15) is 12.0 Å². The molecule has 1 aromatic rings. The van der Waals surface area contributed by atoms with Gasteiger partial charge in [-0.15, -0.1) is 11.6 Å². The monoisotopic (exact) mass is 298 g/mol. The number of halogens is 1. The number of hydrogen-bond donors (Lipinski definition) is 2. The molecule has 0 aliphatic heterocycles. The van der Waals surface area contributed by atoms with Crippen molar-refractivity contribution >= 4 is 23.6 Å². The van der Waals surface area contributed by atoms with E-state index in [0.29, 0.717) is 25.9 Å². The van der Waals surface area contributed by atoms with E-state index in [1.165, 1.54) is 0 Å². The molecular weight excluding hydrogens is 280 g/mol. The van der Waals surface area contributed by atoms with Gasteiger partial charge in [-0.25, -0.2) is 4.79 Å². The van der Waals surface area contributed by atoms with E-state index in [4.69, 9.17) is 16.3 Å². The van der Waals surface area contributed by atoms with Crippen LogP contribution in [0.5, 0.6) is 0 Å². The van der Waals surface area contributed by atoms with E-state index < -0.39 is 6.09 Å². The van der Waals surface area contributed by atoms with Gasteiger partial charge in [0.15, 0.2) is 0 Å². The van der Waals surface area contributed by atoms with Gasteiger partial charge in [-0.1, -0.05) is 30.3 Å². The Morgan fingerprint density at radius 3 is 2.50 bits per heavy atom. The number of alkyl carbamates (subject to hydrolysis) is 1. The number of nitrogens with one attached hydrogen (secondary N) is 2. The van der Waals surface area contributed by atoms with Crippen LogP contribution in [0.3, 0.4) is 0 Å². The zero-order valence-electron chi connectivity index (χ0n) is 11.2. The summed E-state index contributed by atoms with van der Waals surface area (Å²) in [7, 11) is 0. The van der Waals surface area contributed by atoms with Crippen LogP contribution in [0.2, 0.25) is 0 Å². The molecule has 2 N–H and O–H groups in total. The first-order valence-corrected chi connectivity index (χ1v) is 7.03. The molecule has 0 bridgehead atoms. The predicted octanol–water partition coefficient (Wildman–Crippen LogP) is 1.70. The molecular formula is C14H19ClN2O3. The second-order valence-corrected chi connectivity index (χ2v) is 4.47. The van der Waals surface area contributed by atoms with Gasteiger partial charge in [-0.3, -0.25) is 4.79 Å². The fraction of sp³-hybridized carbons (Fsp3) is 0.429. The number of ether oxygens (including phenoxy) is 1. The number of alkyl halides is 1. The quantitative estimate of drug-likeness (QED) is 0.567. The largest absolute Gasteiger partial charge is 0.448 e. The van der Waals surface area contributed by atoms with E-state index in [1.54, 1.807) is 0 Å². The lowest BCUT2D eigenvalue weighted by Crippen LogP contribution is -2.35. The minimum absolute atomic E-state index is 0.0372. The third-order valence-electron chi connectivity index (χ3n) is 2.51. The zero-order valence-corrected chi connectivity index (χ0v) is 12.0. The lowest BCUT2D eigenvalue weighted by atomic mass is 10.1. The van der Waals surface area contributed by atoms with Crippen molar-refractivity contribution in [3.63, 3.8) is 0 Å². The molecule has 0 spiro atoms. The molecule has 0 saturated heterocycles. The molecule has 1 rings (SSSR count). The van der Waals surface area contributed by atoms with E-state index in [0.717, 1.165) is 5.56 Å². The Morgan fingerprint density at radius 2 is 1.80 bits per heavy atom. The maximum absolute atomic E-state index is 11.6. The normalized spacial score (nSPS) is 9.85. The van der Waals surface area contributed by atoms with Gasteiger partial charge in [-0.05, 0) is 12.0 Å². The molecule has 0 radical (unpaired) electrons. The van der Waals surface area contributed by atoms with Gasteiger partial charge in [0, 0.05) is 19.5 Å². The molecule has 20 heavy (non-hydrogen) atoms. The molecule has 0 atom stereocenters. The number of benzene rings is 1. The Hall–Kier alpha value is -1.75. The topological polar surface area (TPSA) is 67.4 Å². The van der Waals surface area contributed by atoms with Crippen LogP contribution in [-0.4, -0.2) is 37.6 Å². The van der Waals surface area contributed by atoms with Crippen LogP contribution in [0, 0.1) is 0 Å². The molecule has 0 unspecified atom stereocenters.